The summed E-state index contributed by atoms with van der Waals surface area (Å²) in [4.78, 5) is 12.9. The highest BCUT2D eigenvalue weighted by atomic mass is 16.6. The Hall–Kier alpha value is -1.53. The molecule has 0 atom stereocenters. The van der Waals surface area contributed by atoms with Crippen molar-refractivity contribution in [2.24, 2.45) is 0 Å². The summed E-state index contributed by atoms with van der Waals surface area (Å²) >= 11 is 0. The number of rotatable bonds is 2. The van der Waals surface area contributed by atoms with E-state index in [1.165, 1.54) is 4.90 Å². The van der Waals surface area contributed by atoms with Crippen LogP contribution in [-0.2, 0) is 4.74 Å². The fourth-order valence-corrected chi connectivity index (χ4v) is 1.75. The van der Waals surface area contributed by atoms with Crippen molar-refractivity contribution in [2.45, 2.75) is 6.92 Å². The normalized spacial score (nSPS) is 15.2. The van der Waals surface area contributed by atoms with E-state index in [1.807, 2.05) is 6.92 Å². The molecule has 1 aliphatic rings. The molecule has 16 heavy (non-hydrogen) atoms. The van der Waals surface area contributed by atoms with Gasteiger partial charge in [0, 0.05) is 0 Å². The molecular weight excluding hydrogens is 209 g/mol. The van der Waals surface area contributed by atoms with Gasteiger partial charge >= 0.3 is 13.2 Å². The van der Waals surface area contributed by atoms with Crippen molar-refractivity contribution in [2.75, 3.05) is 18.1 Å². The van der Waals surface area contributed by atoms with Crippen molar-refractivity contribution >= 4 is 24.4 Å². The molecule has 1 aromatic carbocycles. The number of hydrogen-bond donors (Lipinski definition) is 2. The van der Waals surface area contributed by atoms with Gasteiger partial charge in [0.1, 0.15) is 6.61 Å². The highest BCUT2D eigenvalue weighted by Gasteiger charge is 2.25. The van der Waals surface area contributed by atoms with E-state index < -0.39 is 7.12 Å². The van der Waals surface area contributed by atoms with Gasteiger partial charge in [-0.25, -0.2) is 4.79 Å². The van der Waals surface area contributed by atoms with Gasteiger partial charge in [-0.05, 0) is 24.0 Å². The minimum absolute atomic E-state index is 0.361. The van der Waals surface area contributed by atoms with Crippen LogP contribution >= 0.6 is 0 Å². The Balaban J connectivity index is 2.32. The molecule has 1 aromatic rings. The third-order valence-corrected chi connectivity index (χ3v) is 2.57. The van der Waals surface area contributed by atoms with Gasteiger partial charge in [0.25, 0.3) is 0 Å². The maximum Gasteiger partial charge on any atom is 0.488 e. The van der Waals surface area contributed by atoms with Crippen molar-refractivity contribution in [1.82, 2.24) is 0 Å². The Kier molecular flexibility index (Phi) is 2.85. The predicted octanol–water partition coefficient (Wildman–Crippen LogP) is -0.369. The number of carbonyl (C=O) groups is 1. The lowest BCUT2D eigenvalue weighted by atomic mass is 9.79. The van der Waals surface area contributed by atoms with Gasteiger partial charge in [0.15, 0.2) is 0 Å². The molecule has 1 saturated heterocycles. The summed E-state index contributed by atoms with van der Waals surface area (Å²) in [5, 5.41) is 18.0. The number of amides is 1. The highest BCUT2D eigenvalue weighted by Crippen LogP contribution is 2.21. The average Bonchev–Trinajstić information content (AvgIpc) is 2.64. The van der Waals surface area contributed by atoms with Gasteiger partial charge in [-0.3, -0.25) is 4.90 Å². The number of hydrogen-bond acceptors (Lipinski definition) is 4. The molecule has 0 saturated carbocycles. The van der Waals surface area contributed by atoms with Crippen LogP contribution in [-0.4, -0.2) is 36.4 Å². The van der Waals surface area contributed by atoms with Crippen molar-refractivity contribution in [3.8, 4) is 0 Å². The molecule has 0 radical (unpaired) electrons. The summed E-state index contributed by atoms with van der Waals surface area (Å²) in [7, 11) is -1.49. The fraction of sp³-hybridized carbons (Fsp3) is 0.300. The van der Waals surface area contributed by atoms with Crippen LogP contribution in [0.4, 0.5) is 10.5 Å². The van der Waals surface area contributed by atoms with E-state index in [0.717, 1.165) is 11.3 Å². The number of benzene rings is 1. The first-order valence-electron chi connectivity index (χ1n) is 5.00. The van der Waals surface area contributed by atoms with Gasteiger partial charge in [-0.2, -0.15) is 0 Å². The summed E-state index contributed by atoms with van der Waals surface area (Å²) in [5.74, 6) is 0. The second-order valence-electron chi connectivity index (χ2n) is 3.69. The summed E-state index contributed by atoms with van der Waals surface area (Å²) in [6, 6.07) is 4.92. The van der Waals surface area contributed by atoms with E-state index in [-0.39, 0.29) is 6.09 Å². The summed E-state index contributed by atoms with van der Waals surface area (Å²) < 4.78 is 4.84. The lowest BCUT2D eigenvalue weighted by Crippen LogP contribution is -2.31. The number of aryl methyl sites for hydroxylation is 1. The number of ether oxygens (including phenoxy) is 1. The lowest BCUT2D eigenvalue weighted by Gasteiger charge is -2.16. The lowest BCUT2D eigenvalue weighted by molar-refractivity contribution is 0.181. The Morgan fingerprint density at radius 3 is 2.69 bits per heavy atom. The summed E-state index contributed by atoms with van der Waals surface area (Å²) in [6.45, 7) is 2.73. The maximum absolute atomic E-state index is 11.4. The average molecular weight is 221 g/mol. The van der Waals surface area contributed by atoms with E-state index in [4.69, 9.17) is 14.8 Å². The molecule has 2 rings (SSSR count). The van der Waals surface area contributed by atoms with E-state index in [2.05, 4.69) is 0 Å². The highest BCUT2D eigenvalue weighted by molar-refractivity contribution is 6.58. The second-order valence-corrected chi connectivity index (χ2v) is 3.69. The molecule has 1 fully saturated rings. The van der Waals surface area contributed by atoms with Gasteiger partial charge in [-0.1, -0.05) is 12.1 Å². The van der Waals surface area contributed by atoms with Crippen LogP contribution < -0.4 is 10.4 Å². The number of anilines is 1. The van der Waals surface area contributed by atoms with Crippen molar-refractivity contribution < 1.29 is 19.6 Å². The standard InChI is InChI=1S/C10H12BNO4/c1-7-6-8(11(14)15)2-3-9(7)12-4-5-16-10(12)13/h2-3,6,14-15H,4-5H2,1H3. The van der Waals surface area contributed by atoms with Crippen LogP contribution in [0.2, 0.25) is 0 Å². The summed E-state index contributed by atoms with van der Waals surface area (Å²) in [6.07, 6.45) is -0.361. The molecule has 0 aliphatic carbocycles. The molecule has 6 heteroatoms. The first-order valence-corrected chi connectivity index (χ1v) is 5.00. The number of carbonyl (C=O) groups excluding carboxylic acids is 1. The zero-order chi connectivity index (χ0) is 11.7. The molecule has 0 unspecified atom stereocenters. The van der Waals surface area contributed by atoms with Crippen molar-refractivity contribution in [1.29, 1.82) is 0 Å². The van der Waals surface area contributed by atoms with Crippen LogP contribution in [0.15, 0.2) is 18.2 Å². The quantitative estimate of drug-likeness (QED) is 0.668. The van der Waals surface area contributed by atoms with Gasteiger partial charge in [-0.15, -0.1) is 0 Å². The molecule has 0 bridgehead atoms. The minimum atomic E-state index is -1.49. The smallest absolute Gasteiger partial charge is 0.447 e. The van der Waals surface area contributed by atoms with Crippen LogP contribution in [0.5, 0.6) is 0 Å². The Labute approximate surface area is 93.4 Å². The third kappa shape index (κ3) is 1.89. The molecule has 0 aromatic heterocycles. The zero-order valence-corrected chi connectivity index (χ0v) is 8.88. The topological polar surface area (TPSA) is 70.0 Å². The molecule has 1 heterocycles. The zero-order valence-electron chi connectivity index (χ0n) is 8.88. The largest absolute Gasteiger partial charge is 0.488 e. The van der Waals surface area contributed by atoms with E-state index in [1.54, 1.807) is 18.2 Å². The van der Waals surface area contributed by atoms with Crippen molar-refractivity contribution in [3.05, 3.63) is 23.8 Å². The number of cyclic esters (lactones) is 1. The molecular formula is C10H12BNO4. The monoisotopic (exact) mass is 221 g/mol. The van der Waals surface area contributed by atoms with Crippen LogP contribution in [0.25, 0.3) is 0 Å². The molecule has 5 nitrogen and oxygen atoms in total. The molecule has 0 spiro atoms. The van der Waals surface area contributed by atoms with E-state index in [9.17, 15) is 4.79 Å². The van der Waals surface area contributed by atoms with Crippen LogP contribution in [0.1, 0.15) is 5.56 Å². The molecule has 2 N–H and O–H groups in total. The Morgan fingerprint density at radius 1 is 1.44 bits per heavy atom. The van der Waals surface area contributed by atoms with Crippen LogP contribution in [0.3, 0.4) is 0 Å². The predicted molar refractivity (Wildman–Crippen MR) is 59.7 cm³/mol. The first-order chi connectivity index (χ1) is 7.59. The SMILES string of the molecule is Cc1cc(B(O)O)ccc1N1CCOC1=O. The maximum atomic E-state index is 11.4. The van der Waals surface area contributed by atoms with E-state index in [0.29, 0.717) is 18.6 Å². The molecule has 1 aliphatic heterocycles. The van der Waals surface area contributed by atoms with Crippen molar-refractivity contribution in [3.63, 3.8) is 0 Å². The number of nitrogens with zero attached hydrogens (tertiary/aromatic N) is 1. The molecule has 84 valence electrons. The fourth-order valence-electron chi connectivity index (χ4n) is 1.75. The minimum Gasteiger partial charge on any atom is -0.447 e. The van der Waals surface area contributed by atoms with Gasteiger partial charge in [0.2, 0.25) is 0 Å². The summed E-state index contributed by atoms with van der Waals surface area (Å²) in [5.41, 5.74) is 1.96. The third-order valence-electron chi connectivity index (χ3n) is 2.57. The van der Waals surface area contributed by atoms with Gasteiger partial charge in [0.05, 0.1) is 12.2 Å². The van der Waals surface area contributed by atoms with Crippen LogP contribution in [0, 0.1) is 6.92 Å². The molecule has 1 amide bonds. The Bertz CT molecular complexity index is 421. The van der Waals surface area contributed by atoms with E-state index >= 15 is 0 Å². The van der Waals surface area contributed by atoms with Gasteiger partial charge < -0.3 is 14.8 Å². The first kappa shape index (κ1) is 11.0. The Morgan fingerprint density at radius 2 is 2.19 bits per heavy atom. The second kappa shape index (κ2) is 4.15.